The molecule has 1 aliphatic heterocycles. The number of hydrogen-bond acceptors (Lipinski definition) is 5. The van der Waals surface area contributed by atoms with Gasteiger partial charge in [-0.15, -0.1) is 0 Å². The van der Waals surface area contributed by atoms with Crippen molar-refractivity contribution in [1.29, 1.82) is 0 Å². The van der Waals surface area contributed by atoms with Gasteiger partial charge in [0.25, 0.3) is 0 Å². The number of ether oxygens (including phenoxy) is 1. The molecule has 0 saturated carbocycles. The monoisotopic (exact) mass is 220 g/mol. The summed E-state index contributed by atoms with van der Waals surface area (Å²) in [5.41, 5.74) is -0.973. The van der Waals surface area contributed by atoms with Gasteiger partial charge in [-0.1, -0.05) is 6.92 Å². The van der Waals surface area contributed by atoms with Crippen LogP contribution in [0.5, 0.6) is 0 Å². The van der Waals surface area contributed by atoms with E-state index in [0.29, 0.717) is 6.42 Å². The van der Waals surface area contributed by atoms with E-state index in [2.05, 4.69) is 0 Å². The molecule has 1 fully saturated rings. The number of rotatable bonds is 2. The average molecular weight is 220 g/mol. The fourth-order valence-corrected chi connectivity index (χ4v) is 1.82. The molecule has 0 amide bonds. The molecule has 90 valence electrons. The number of aliphatic hydroxyl groups excluding tert-OH is 4. The molecule has 15 heavy (non-hydrogen) atoms. The van der Waals surface area contributed by atoms with Crippen molar-refractivity contribution >= 4 is 0 Å². The van der Waals surface area contributed by atoms with Gasteiger partial charge in [-0.25, -0.2) is 0 Å². The van der Waals surface area contributed by atoms with Crippen LogP contribution in [0.3, 0.4) is 0 Å². The highest BCUT2D eigenvalue weighted by Gasteiger charge is 2.49. The summed E-state index contributed by atoms with van der Waals surface area (Å²) in [5, 5.41) is 38.5. The second-order valence-electron chi connectivity index (χ2n) is 4.59. The Morgan fingerprint density at radius 3 is 2.20 bits per heavy atom. The molecule has 1 aliphatic rings. The lowest BCUT2D eigenvalue weighted by molar-refractivity contribution is -0.274. The van der Waals surface area contributed by atoms with Crippen LogP contribution in [0.15, 0.2) is 0 Å². The molecular formula is C10H20O5. The lowest BCUT2D eigenvalue weighted by Gasteiger charge is -2.46. The molecule has 0 spiro atoms. The van der Waals surface area contributed by atoms with Gasteiger partial charge in [0.1, 0.15) is 24.4 Å². The van der Waals surface area contributed by atoms with Gasteiger partial charge in [0, 0.05) is 0 Å². The zero-order valence-electron chi connectivity index (χ0n) is 9.29. The predicted molar refractivity (Wildman–Crippen MR) is 53.3 cm³/mol. The molecule has 5 atom stereocenters. The van der Waals surface area contributed by atoms with Gasteiger partial charge in [0.2, 0.25) is 0 Å². The first kappa shape index (κ1) is 12.9. The molecule has 1 rings (SSSR count). The standard InChI is InChI=1S/C10H20O5/c1-4-5(11)8-6(12)7(13)9(14)10(2,3)15-8/h5-9,11-14H,4H2,1-3H3. The molecule has 0 aromatic carbocycles. The van der Waals surface area contributed by atoms with Crippen molar-refractivity contribution in [2.45, 2.75) is 63.3 Å². The Morgan fingerprint density at radius 2 is 1.73 bits per heavy atom. The second-order valence-corrected chi connectivity index (χ2v) is 4.59. The fourth-order valence-electron chi connectivity index (χ4n) is 1.82. The van der Waals surface area contributed by atoms with Crippen molar-refractivity contribution in [2.75, 3.05) is 0 Å². The van der Waals surface area contributed by atoms with Gasteiger partial charge in [-0.3, -0.25) is 0 Å². The van der Waals surface area contributed by atoms with Gasteiger partial charge < -0.3 is 25.2 Å². The van der Waals surface area contributed by atoms with Crippen molar-refractivity contribution in [3.63, 3.8) is 0 Å². The van der Waals surface area contributed by atoms with E-state index in [0.717, 1.165) is 0 Å². The van der Waals surface area contributed by atoms with E-state index < -0.39 is 36.1 Å². The Bertz CT molecular complexity index is 218. The summed E-state index contributed by atoms with van der Waals surface area (Å²) in [6, 6.07) is 0. The van der Waals surface area contributed by atoms with E-state index in [4.69, 9.17) is 4.74 Å². The summed E-state index contributed by atoms with van der Waals surface area (Å²) in [4.78, 5) is 0. The molecular weight excluding hydrogens is 200 g/mol. The summed E-state index contributed by atoms with van der Waals surface area (Å²) < 4.78 is 5.41. The van der Waals surface area contributed by atoms with Crippen LogP contribution in [-0.2, 0) is 4.74 Å². The second kappa shape index (κ2) is 4.35. The third kappa shape index (κ3) is 2.32. The SMILES string of the molecule is CCC(O)C1OC(C)(C)C(O)C(O)C1O. The third-order valence-corrected chi connectivity index (χ3v) is 2.96. The van der Waals surface area contributed by atoms with E-state index in [1.165, 1.54) is 0 Å². The molecule has 4 N–H and O–H groups in total. The van der Waals surface area contributed by atoms with Crippen LogP contribution in [0.2, 0.25) is 0 Å². The van der Waals surface area contributed by atoms with Crippen LogP contribution in [0.1, 0.15) is 27.2 Å². The smallest absolute Gasteiger partial charge is 0.113 e. The molecule has 5 heteroatoms. The summed E-state index contributed by atoms with van der Waals surface area (Å²) in [7, 11) is 0. The summed E-state index contributed by atoms with van der Waals surface area (Å²) in [6.45, 7) is 4.98. The molecule has 0 radical (unpaired) electrons. The Labute approximate surface area is 89.3 Å². The normalized spacial score (nSPS) is 42.6. The maximum atomic E-state index is 9.65. The first-order valence-electron chi connectivity index (χ1n) is 5.21. The van der Waals surface area contributed by atoms with E-state index >= 15 is 0 Å². The van der Waals surface area contributed by atoms with E-state index in [1.54, 1.807) is 20.8 Å². The van der Waals surface area contributed by atoms with Crippen LogP contribution in [0, 0.1) is 0 Å². The summed E-state index contributed by atoms with van der Waals surface area (Å²) >= 11 is 0. The Kier molecular flexibility index (Phi) is 3.73. The number of aliphatic hydroxyl groups is 4. The quantitative estimate of drug-likeness (QED) is 0.480. The molecule has 0 aromatic heterocycles. The highest BCUT2D eigenvalue weighted by molar-refractivity contribution is 4.98. The van der Waals surface area contributed by atoms with Crippen molar-refractivity contribution in [2.24, 2.45) is 0 Å². The van der Waals surface area contributed by atoms with Gasteiger partial charge in [-0.2, -0.15) is 0 Å². The highest BCUT2D eigenvalue weighted by atomic mass is 16.6. The van der Waals surface area contributed by atoms with E-state index in [1.807, 2.05) is 0 Å². The lowest BCUT2D eigenvalue weighted by Crippen LogP contribution is -2.64. The Balaban J connectivity index is 2.84. The van der Waals surface area contributed by atoms with Crippen LogP contribution in [0.4, 0.5) is 0 Å². The molecule has 0 bridgehead atoms. The average Bonchev–Trinajstić information content (AvgIpc) is 2.19. The minimum Gasteiger partial charge on any atom is -0.390 e. The zero-order chi connectivity index (χ0) is 11.8. The summed E-state index contributed by atoms with van der Waals surface area (Å²) in [5.74, 6) is 0. The lowest BCUT2D eigenvalue weighted by atomic mass is 9.85. The maximum Gasteiger partial charge on any atom is 0.113 e. The van der Waals surface area contributed by atoms with Crippen LogP contribution in [0.25, 0.3) is 0 Å². The fraction of sp³-hybridized carbons (Fsp3) is 1.00. The molecule has 1 saturated heterocycles. The van der Waals surface area contributed by atoms with Crippen LogP contribution >= 0.6 is 0 Å². The van der Waals surface area contributed by atoms with Gasteiger partial charge in [-0.05, 0) is 20.3 Å². The molecule has 5 unspecified atom stereocenters. The minimum absolute atomic E-state index is 0.417. The number of hydrogen-bond donors (Lipinski definition) is 4. The van der Waals surface area contributed by atoms with Crippen molar-refractivity contribution in [3.8, 4) is 0 Å². The highest BCUT2D eigenvalue weighted by Crippen LogP contribution is 2.31. The zero-order valence-corrected chi connectivity index (χ0v) is 9.29. The largest absolute Gasteiger partial charge is 0.390 e. The third-order valence-electron chi connectivity index (χ3n) is 2.96. The molecule has 5 nitrogen and oxygen atoms in total. The van der Waals surface area contributed by atoms with Crippen molar-refractivity contribution in [1.82, 2.24) is 0 Å². The molecule has 0 aliphatic carbocycles. The topological polar surface area (TPSA) is 90.2 Å². The van der Waals surface area contributed by atoms with Crippen molar-refractivity contribution < 1.29 is 25.2 Å². The van der Waals surface area contributed by atoms with Gasteiger partial charge in [0.05, 0.1) is 11.7 Å². The van der Waals surface area contributed by atoms with Crippen molar-refractivity contribution in [3.05, 3.63) is 0 Å². The summed E-state index contributed by atoms with van der Waals surface area (Å²) in [6.07, 6.45) is -5.00. The van der Waals surface area contributed by atoms with E-state index in [9.17, 15) is 20.4 Å². The molecule has 0 aromatic rings. The first-order valence-corrected chi connectivity index (χ1v) is 5.21. The first-order chi connectivity index (χ1) is 6.81. The maximum absolute atomic E-state index is 9.65. The van der Waals surface area contributed by atoms with Gasteiger partial charge >= 0.3 is 0 Å². The van der Waals surface area contributed by atoms with Crippen LogP contribution in [-0.4, -0.2) is 56.5 Å². The predicted octanol–water partition coefficient (Wildman–Crippen LogP) is -0.983. The molecule has 1 heterocycles. The van der Waals surface area contributed by atoms with Gasteiger partial charge in [0.15, 0.2) is 0 Å². The van der Waals surface area contributed by atoms with Crippen LogP contribution < -0.4 is 0 Å². The van der Waals surface area contributed by atoms with E-state index in [-0.39, 0.29) is 0 Å². The Hall–Kier alpha value is -0.200. The minimum atomic E-state index is -1.29. The Morgan fingerprint density at radius 1 is 1.20 bits per heavy atom.